The summed E-state index contributed by atoms with van der Waals surface area (Å²) in [6.45, 7) is 0.376. The fourth-order valence-electron chi connectivity index (χ4n) is 2.91. The van der Waals surface area contributed by atoms with Gasteiger partial charge in [0, 0.05) is 5.92 Å². The van der Waals surface area contributed by atoms with Crippen molar-refractivity contribution in [3.8, 4) is 0 Å². The van der Waals surface area contributed by atoms with Gasteiger partial charge in [0.05, 0.1) is 18.7 Å². The van der Waals surface area contributed by atoms with Crippen molar-refractivity contribution in [3.63, 3.8) is 0 Å². The van der Waals surface area contributed by atoms with Crippen molar-refractivity contribution in [1.82, 2.24) is 5.32 Å². The van der Waals surface area contributed by atoms with Crippen LogP contribution in [0.25, 0.3) is 0 Å². The van der Waals surface area contributed by atoms with Crippen molar-refractivity contribution >= 4 is 29.1 Å². The van der Waals surface area contributed by atoms with E-state index in [0.29, 0.717) is 13.0 Å². The van der Waals surface area contributed by atoms with Crippen LogP contribution >= 0.6 is 23.2 Å². The van der Waals surface area contributed by atoms with Gasteiger partial charge < -0.3 is 9.73 Å². The molecule has 3 rings (SSSR count). The first-order valence-electron chi connectivity index (χ1n) is 6.83. The second-order valence-corrected chi connectivity index (χ2v) is 6.33. The highest BCUT2D eigenvalue weighted by Crippen LogP contribution is 2.43. The van der Waals surface area contributed by atoms with Gasteiger partial charge in [0.2, 0.25) is 5.91 Å². The lowest BCUT2D eigenvalue weighted by molar-refractivity contribution is -0.125. The van der Waals surface area contributed by atoms with Crippen LogP contribution in [-0.4, -0.2) is 10.7 Å². The molecule has 0 unspecified atom stereocenters. The van der Waals surface area contributed by atoms with Crippen molar-refractivity contribution < 1.29 is 9.21 Å². The van der Waals surface area contributed by atoms with Crippen molar-refractivity contribution in [2.45, 2.75) is 23.7 Å². The number of hydrogen-bond acceptors (Lipinski definition) is 2. The molecule has 0 bridgehead atoms. The largest absolute Gasteiger partial charge is 0.467 e. The first-order chi connectivity index (χ1) is 10.2. The smallest absolute Gasteiger partial charge is 0.224 e. The van der Waals surface area contributed by atoms with Gasteiger partial charge in [0.15, 0.2) is 0 Å². The maximum atomic E-state index is 12.5. The summed E-state index contributed by atoms with van der Waals surface area (Å²) in [6.07, 6.45) is 2.25. The van der Waals surface area contributed by atoms with Gasteiger partial charge in [-0.1, -0.05) is 24.3 Å². The van der Waals surface area contributed by atoms with Crippen LogP contribution in [0, 0.1) is 5.92 Å². The third-order valence-electron chi connectivity index (χ3n) is 3.91. The number of fused-ring (bicyclic) bond motifs is 1. The highest BCUT2D eigenvalue weighted by molar-refractivity contribution is 6.45. The van der Waals surface area contributed by atoms with Crippen LogP contribution in [-0.2, 0) is 17.8 Å². The van der Waals surface area contributed by atoms with Crippen LogP contribution in [0.1, 0.15) is 22.8 Å². The molecule has 1 amide bonds. The molecule has 0 fully saturated rings. The molecule has 21 heavy (non-hydrogen) atoms. The highest BCUT2D eigenvalue weighted by Gasteiger charge is 2.40. The van der Waals surface area contributed by atoms with E-state index in [2.05, 4.69) is 5.32 Å². The Morgan fingerprint density at radius 1 is 1.29 bits per heavy atom. The third kappa shape index (κ3) is 2.94. The number of hydrogen-bond donors (Lipinski definition) is 1. The van der Waals surface area contributed by atoms with E-state index in [1.54, 1.807) is 12.3 Å². The molecule has 2 aromatic rings. The number of carbonyl (C=O) groups is 1. The SMILES string of the molecule is O=C(NCc1ccco1)[C@@H]1Cc2ccccc2[C@@H]1C(Cl)Cl. The van der Waals surface area contributed by atoms with Crippen molar-refractivity contribution in [1.29, 1.82) is 0 Å². The van der Waals surface area contributed by atoms with E-state index in [9.17, 15) is 4.79 Å². The number of nitrogens with one attached hydrogen (secondary N) is 1. The lowest BCUT2D eigenvalue weighted by Gasteiger charge is -2.20. The van der Waals surface area contributed by atoms with Crippen molar-refractivity contribution in [2.24, 2.45) is 5.92 Å². The second kappa shape index (κ2) is 6.12. The molecule has 1 heterocycles. The third-order valence-corrected chi connectivity index (χ3v) is 4.46. The van der Waals surface area contributed by atoms with E-state index in [-0.39, 0.29) is 17.7 Å². The zero-order valence-corrected chi connectivity index (χ0v) is 12.8. The Balaban J connectivity index is 1.74. The van der Waals surface area contributed by atoms with Crippen LogP contribution in [0.15, 0.2) is 47.1 Å². The normalized spacial score (nSPS) is 20.5. The number of halogens is 2. The number of carbonyl (C=O) groups excluding carboxylic acids is 1. The molecular formula is C16H15Cl2NO2. The molecule has 5 heteroatoms. The van der Waals surface area contributed by atoms with E-state index in [0.717, 1.165) is 16.9 Å². The molecule has 3 nitrogen and oxygen atoms in total. The fraction of sp³-hybridized carbons (Fsp3) is 0.312. The number of amides is 1. The number of alkyl halides is 2. The Morgan fingerprint density at radius 2 is 2.10 bits per heavy atom. The Kier molecular flexibility index (Phi) is 4.22. The molecule has 1 aliphatic carbocycles. The Hall–Kier alpha value is -1.45. The molecule has 2 atom stereocenters. The van der Waals surface area contributed by atoms with Gasteiger partial charge in [-0.05, 0) is 29.7 Å². The summed E-state index contributed by atoms with van der Waals surface area (Å²) in [7, 11) is 0. The molecule has 1 aromatic heterocycles. The quantitative estimate of drug-likeness (QED) is 0.872. The van der Waals surface area contributed by atoms with Crippen LogP contribution < -0.4 is 5.32 Å². The fourth-order valence-corrected chi connectivity index (χ4v) is 3.53. The van der Waals surface area contributed by atoms with E-state index in [1.165, 1.54) is 0 Å². The standard InChI is InChI=1S/C16H15Cl2NO2/c17-15(18)14-12-6-2-1-4-10(12)8-13(14)16(20)19-9-11-5-3-7-21-11/h1-7,13-15H,8-9H2,(H,19,20)/t13-,14+/m1/s1. The number of benzene rings is 1. The van der Waals surface area contributed by atoms with Gasteiger partial charge in [-0.3, -0.25) is 4.79 Å². The highest BCUT2D eigenvalue weighted by atomic mass is 35.5. The van der Waals surface area contributed by atoms with E-state index >= 15 is 0 Å². The summed E-state index contributed by atoms with van der Waals surface area (Å²) >= 11 is 12.2. The summed E-state index contributed by atoms with van der Waals surface area (Å²) in [6, 6.07) is 11.6. The molecule has 0 radical (unpaired) electrons. The maximum Gasteiger partial charge on any atom is 0.224 e. The Morgan fingerprint density at radius 3 is 2.81 bits per heavy atom. The van der Waals surface area contributed by atoms with Gasteiger partial charge in [-0.15, -0.1) is 23.2 Å². The van der Waals surface area contributed by atoms with Crippen LogP contribution in [0.3, 0.4) is 0 Å². The molecule has 1 N–H and O–H groups in total. The van der Waals surface area contributed by atoms with Gasteiger partial charge in [-0.2, -0.15) is 0 Å². The average molecular weight is 324 g/mol. The molecule has 0 saturated heterocycles. The summed E-state index contributed by atoms with van der Waals surface area (Å²) in [5.74, 6) is 0.279. The minimum Gasteiger partial charge on any atom is -0.467 e. The topological polar surface area (TPSA) is 42.2 Å². The Bertz CT molecular complexity index is 625. The molecule has 1 aliphatic rings. The summed E-state index contributed by atoms with van der Waals surface area (Å²) < 4.78 is 5.22. The van der Waals surface area contributed by atoms with Gasteiger partial charge in [0.25, 0.3) is 0 Å². The predicted molar refractivity (Wildman–Crippen MR) is 82.4 cm³/mol. The molecule has 110 valence electrons. The lowest BCUT2D eigenvalue weighted by Crippen LogP contribution is -2.34. The van der Waals surface area contributed by atoms with Crippen molar-refractivity contribution in [2.75, 3.05) is 0 Å². The zero-order valence-electron chi connectivity index (χ0n) is 11.3. The maximum absolute atomic E-state index is 12.5. The minimum absolute atomic E-state index is 0.0427. The Labute approximate surface area is 133 Å². The molecule has 0 aliphatic heterocycles. The first kappa shape index (κ1) is 14.5. The zero-order chi connectivity index (χ0) is 14.8. The average Bonchev–Trinajstić information content (AvgIpc) is 3.11. The minimum atomic E-state index is -0.604. The van der Waals surface area contributed by atoms with Crippen LogP contribution in [0.5, 0.6) is 0 Å². The monoisotopic (exact) mass is 323 g/mol. The number of furan rings is 1. The lowest BCUT2D eigenvalue weighted by atomic mass is 9.93. The predicted octanol–water partition coefficient (Wildman–Crippen LogP) is 3.66. The summed E-state index contributed by atoms with van der Waals surface area (Å²) in [5, 5.41) is 2.90. The molecule has 0 spiro atoms. The molecule has 1 aromatic carbocycles. The molecule has 0 saturated carbocycles. The van der Waals surface area contributed by atoms with Gasteiger partial charge >= 0.3 is 0 Å². The van der Waals surface area contributed by atoms with E-state index in [1.807, 2.05) is 30.3 Å². The second-order valence-electron chi connectivity index (χ2n) is 5.17. The van der Waals surface area contributed by atoms with E-state index < -0.39 is 4.84 Å². The van der Waals surface area contributed by atoms with Gasteiger partial charge in [0.1, 0.15) is 10.6 Å². The summed E-state index contributed by atoms with van der Waals surface area (Å²) in [5.41, 5.74) is 2.22. The van der Waals surface area contributed by atoms with E-state index in [4.69, 9.17) is 27.6 Å². The van der Waals surface area contributed by atoms with Crippen molar-refractivity contribution in [3.05, 3.63) is 59.5 Å². The van der Waals surface area contributed by atoms with Crippen LogP contribution in [0.4, 0.5) is 0 Å². The first-order valence-corrected chi connectivity index (χ1v) is 7.70. The van der Waals surface area contributed by atoms with Gasteiger partial charge in [-0.25, -0.2) is 0 Å². The molecular weight excluding hydrogens is 309 g/mol. The van der Waals surface area contributed by atoms with Crippen LogP contribution in [0.2, 0.25) is 0 Å². The summed E-state index contributed by atoms with van der Waals surface area (Å²) in [4.78, 5) is 11.9. The number of rotatable bonds is 4.